The summed E-state index contributed by atoms with van der Waals surface area (Å²) in [7, 11) is 0. The van der Waals surface area contributed by atoms with Gasteiger partial charge in [0.15, 0.2) is 15.5 Å². The number of nitrogens with zero attached hydrogens (tertiary/aromatic N) is 12. The van der Waals surface area contributed by atoms with E-state index < -0.39 is 414 Å². The predicted octanol–water partition coefficient (Wildman–Crippen LogP) is 22.8. The molecule has 3 aliphatic carbocycles. The summed E-state index contributed by atoms with van der Waals surface area (Å²) < 4.78 is 633. The van der Waals surface area contributed by atoms with Gasteiger partial charge < -0.3 is 43.1 Å². The van der Waals surface area contributed by atoms with Crippen molar-refractivity contribution in [3.05, 3.63) is 350 Å². The lowest BCUT2D eigenvalue weighted by Crippen LogP contribution is -2.42. The van der Waals surface area contributed by atoms with E-state index in [1.807, 2.05) is 0 Å². The maximum Gasteiger partial charge on any atom is 0.416 e. The highest BCUT2D eigenvalue weighted by Crippen LogP contribution is 2.39. The molecule has 144 heavy (non-hydrogen) atoms. The van der Waals surface area contributed by atoms with Gasteiger partial charge in [-0.1, -0.05) is 229 Å². The highest BCUT2D eigenvalue weighted by Gasteiger charge is 2.36. The maximum absolute atomic E-state index is 15.3. The number of fused-ring (bicyclic) bond motifs is 3. The monoisotopic (exact) mass is 2090 g/mol. The van der Waals surface area contributed by atoms with E-state index in [0.29, 0.717) is 22.6 Å². The molecule has 0 fully saturated rings. The van der Waals surface area contributed by atoms with Gasteiger partial charge in [-0.05, 0) is 249 Å². The molecule has 0 bridgehead atoms. The normalized spacial score (nSPS) is 21.7. The van der Waals surface area contributed by atoms with Gasteiger partial charge in [-0.15, -0.1) is 0 Å². The highest BCUT2D eigenvalue weighted by molar-refractivity contribution is 7.98. The second kappa shape index (κ2) is 50.3. The molecule has 12 aromatic rings. The molecule has 0 radical (unpaired) electrons. The van der Waals surface area contributed by atoms with Crippen LogP contribution in [-0.2, 0) is 121 Å². The summed E-state index contributed by atoms with van der Waals surface area (Å²) >= 11 is -0.871. The van der Waals surface area contributed by atoms with Crippen LogP contribution in [-0.4, -0.2) is 154 Å². The first-order chi connectivity index (χ1) is 89.6. The first kappa shape index (κ1) is 58.5. The largest absolute Gasteiger partial charge is 0.416 e. The van der Waals surface area contributed by atoms with Crippen molar-refractivity contribution in [3.8, 4) is 33.4 Å². The van der Waals surface area contributed by atoms with Crippen LogP contribution in [0.3, 0.4) is 0 Å². The maximum atomic E-state index is 15.3. The Hall–Kier alpha value is -11.9. The quantitative estimate of drug-likeness (QED) is 0.0202. The zero-order valence-corrected chi connectivity index (χ0v) is 79.7. The van der Waals surface area contributed by atoms with Crippen LogP contribution in [0.2, 0.25) is 0 Å². The van der Waals surface area contributed by atoms with E-state index in [2.05, 4.69) is 15.0 Å². The van der Waals surface area contributed by atoms with Gasteiger partial charge in [0.25, 0.3) is 16.7 Å². The molecular formula is C111H120F12N12O6S3. The van der Waals surface area contributed by atoms with Crippen LogP contribution in [0.5, 0.6) is 0 Å². The number of amides is 3. The molecule has 15 rings (SSSR count). The number of likely N-dealkylation sites (N-methyl/N-ethyl adjacent to an activating group) is 3. The van der Waals surface area contributed by atoms with Crippen molar-refractivity contribution in [1.82, 2.24) is 58.1 Å². The molecule has 9 aromatic carbocycles. The minimum Gasteiger partial charge on any atom is -0.336 e. The van der Waals surface area contributed by atoms with Gasteiger partial charge in [0.05, 0.1) is 72.1 Å². The Morgan fingerprint density at radius 2 is 0.771 bits per heavy atom. The van der Waals surface area contributed by atoms with E-state index in [9.17, 15) is 90.4 Å². The molecule has 2 unspecified atom stereocenters. The van der Waals surface area contributed by atoms with Gasteiger partial charge in [-0.3, -0.25) is 28.8 Å². The van der Waals surface area contributed by atoms with Crippen molar-refractivity contribution in [3.63, 3.8) is 0 Å². The summed E-state index contributed by atoms with van der Waals surface area (Å²) in [5.74, 6) is -14.8. The smallest absolute Gasteiger partial charge is 0.336 e. The molecule has 0 saturated heterocycles. The minimum absolute atomic E-state index is 0.0376. The van der Waals surface area contributed by atoms with E-state index in [4.69, 9.17) is 49.3 Å². The number of thioether (sulfide) groups is 3. The van der Waals surface area contributed by atoms with Gasteiger partial charge in [0.1, 0.15) is 36.9 Å². The zero-order chi connectivity index (χ0) is 150. The van der Waals surface area contributed by atoms with Gasteiger partial charge in [-0.2, -0.15) is 54.5 Å². The van der Waals surface area contributed by atoms with Crippen molar-refractivity contribution in [2.24, 2.45) is 5.89 Å². The van der Waals surface area contributed by atoms with E-state index in [1.165, 1.54) is 77.9 Å². The number of alkyl halides is 9. The van der Waals surface area contributed by atoms with E-state index in [1.54, 1.807) is 0 Å². The molecule has 2 atom stereocenters. The number of benzene rings is 9. The summed E-state index contributed by atoms with van der Waals surface area (Å²) in [4.78, 5) is 98.8. The fourth-order valence-corrected chi connectivity index (χ4v) is 15.7. The lowest BCUT2D eigenvalue weighted by atomic mass is 9.98. The van der Waals surface area contributed by atoms with Crippen molar-refractivity contribution in [2.45, 2.75) is 203 Å². The minimum atomic E-state index is -5.27. The van der Waals surface area contributed by atoms with E-state index >= 15 is 14.4 Å². The van der Waals surface area contributed by atoms with Gasteiger partial charge in [0, 0.05) is 126 Å². The first-order valence-electron chi connectivity index (χ1n) is 70.1. The molecule has 762 valence electrons. The topological polar surface area (TPSA) is 175 Å². The SMILES string of the molecule is [2H]c1c([2H])c(C([2H])([2H])Sc2nc(=O)c3c(n2C([2H])([2H])C(=O)N(C([2H])(C)c2ccc(-c4ccc(C(F)(F)F)cc4)cc2)C([2H])([2H])C([2H])([2H])N(CC)CC)CCC3)c([2H])c([2H])c1F.[2H]c1c([2H])c(C([2H])([2H])Sc2nc(=O)c3c(n2C([2H])([2H])C(=O)N(C([2H])([2H])c2c([2H])c([2H])c(-c4c([2H])c([2H])c(C(F)(F)F)c(C)c4[2H])c([2H])c2[2H])C([2H])([2H])C([2H])([2H])N(CC)CC)CCC3)c([2H])c([2H])c1F.[2H]c1c([2H])c(C([2H])([2H])Sc2nc(=O)c3c(n2C([2H])([2H])C(=O)N(C([2H])([2H])c2ccc(-c4ccc(C(F)(F)F)cc4)cc2)C([2H])([2H])C([2H])([2H])N(CC)CC)C([2H])([2H])C([2H])(C)C3([2H])[2H])c([2H])c([2H])c1F. The third-order valence-electron chi connectivity index (χ3n) is 21.1. The summed E-state index contributed by atoms with van der Waals surface area (Å²) in [5, 5.41) is -3.46. The van der Waals surface area contributed by atoms with Crippen LogP contribution in [0.4, 0.5) is 52.7 Å². The molecule has 0 N–H and O–H groups in total. The zero-order valence-electron chi connectivity index (χ0n) is 130. The Morgan fingerprint density at radius 3 is 1.16 bits per heavy atom. The molecule has 3 aliphatic rings. The molecule has 0 aliphatic heterocycles. The summed E-state index contributed by atoms with van der Waals surface area (Å²) in [6.45, 7) is -32.6. The Labute approximate surface area is 919 Å². The van der Waals surface area contributed by atoms with Crippen LogP contribution in [0.15, 0.2) is 242 Å². The van der Waals surface area contributed by atoms with E-state index in [-0.39, 0.29) is 149 Å². The molecule has 3 heterocycles. The fourth-order valence-electron chi connectivity index (χ4n) is 13.7. The number of carbonyl (C=O) groups excluding carboxylic acids is 3. The highest BCUT2D eigenvalue weighted by atomic mass is 32.2. The average Bonchev–Trinajstić information content (AvgIpc) is 1.51. The predicted molar refractivity (Wildman–Crippen MR) is 544 cm³/mol. The number of halogens is 12. The number of rotatable bonds is 39. The van der Waals surface area contributed by atoms with Crippen molar-refractivity contribution in [1.29, 1.82) is 0 Å². The van der Waals surface area contributed by atoms with Crippen LogP contribution in [0.25, 0.3) is 33.4 Å². The molecule has 33 heteroatoms. The van der Waals surface area contributed by atoms with Crippen LogP contribution >= 0.6 is 35.3 Å². The van der Waals surface area contributed by atoms with Crippen LogP contribution < -0.4 is 16.7 Å². The van der Waals surface area contributed by atoms with E-state index in [0.717, 1.165) is 89.2 Å². The lowest BCUT2D eigenvalue weighted by molar-refractivity contribution is -0.138. The Kier molecular flexibility index (Phi) is 20.4. The summed E-state index contributed by atoms with van der Waals surface area (Å²) in [6.07, 6.45) is -21.8. The van der Waals surface area contributed by atoms with Crippen LogP contribution in [0, 0.1) is 30.3 Å². The van der Waals surface area contributed by atoms with Gasteiger partial charge in [0.2, 0.25) is 17.7 Å². The molecule has 3 amide bonds. The average molecular weight is 2100 g/mol. The molecular weight excluding hydrogens is 1920 g/mol. The second-order valence-electron chi connectivity index (χ2n) is 30.5. The van der Waals surface area contributed by atoms with Crippen LogP contribution in [0.1, 0.15) is 236 Å². The molecule has 0 spiro atoms. The number of hydrogen-bond donors (Lipinski definition) is 0. The Balaban J connectivity index is 0.000000238. The number of aromatic nitrogens is 6. The fraction of sp³-hybridized carbons (Fsp3) is 0.378. The van der Waals surface area contributed by atoms with Gasteiger partial charge in [-0.25, -0.2) is 13.2 Å². The van der Waals surface area contributed by atoms with Crippen molar-refractivity contribution in [2.75, 3.05) is 78.2 Å². The van der Waals surface area contributed by atoms with Crippen molar-refractivity contribution < 1.29 is 140 Å². The summed E-state index contributed by atoms with van der Waals surface area (Å²) in [5.41, 5.74) is -29.2. The molecule has 18 nitrogen and oxygen atoms in total. The molecule has 0 saturated carbocycles. The second-order valence-corrected chi connectivity index (χ2v) is 32.8. The standard InChI is InChI=1S/3C37H40F4N4O2S/c1-4-43(5-2)18-19-44(22-26-6-10-28(11-7-26)29-12-14-30(15-13-29)37(39,40)41)34(46)23-45-33-21-25(3)20-32(33)35(47)42-36(45)48-24-27-8-16-31(38)17-9-27;1-4-43(5-2)21-22-44(25(3)27-11-13-28(14-12-27)29-15-17-30(18-16-29)37(39,40)41)34(46)23-45-33-8-6-7-32(33)35(47)42-36(45)48-24-26-9-19-31(38)20-10-26;1-4-43(5-2)19-20-44(22-26-9-13-28(14-10-26)29-15-18-32(25(3)21-29)37(39,40)41)34(46)23-45-33-8-6-7-31(33)35(47)42-36(45)48-24-27-11-16-30(38)17-12-27/h6-17,25H,4-5,18-24H2,1-3H3;9-20,25H,4-8,21-24H2,1-3H3;9-18,21H,4-8,19-20,22-24H2,1-3H3/i8D,9D,16D,17D,18D2,19D2,20D2,21D2,22D2,23D2,24D2,25D;9D,10D,19D,20D,21D2,22D2,23D2,24D2,25D;9D,10D,11D,12D,13D,14D,15D,16D,17D,18D,19D2,20D2,21D,22D2,23D2,24D2. The van der Waals surface area contributed by atoms with Crippen molar-refractivity contribution >= 4 is 53.0 Å². The Morgan fingerprint density at radius 1 is 0.424 bits per heavy atom. The molecule has 3 aromatic heterocycles. The summed E-state index contributed by atoms with van der Waals surface area (Å²) in [6, 6.07) is -10.7. The third kappa shape index (κ3) is 29.1. The first-order valence-corrected chi connectivity index (χ1v) is 46.0. The number of hydrogen-bond acceptors (Lipinski definition) is 15. The van der Waals surface area contributed by atoms with Gasteiger partial charge >= 0.3 is 18.5 Å². The number of carbonyl (C=O) groups is 3. The Bertz CT molecular complexity index is 9470. The third-order valence-corrected chi connectivity index (χ3v) is 23.4. The lowest BCUT2D eigenvalue weighted by Gasteiger charge is -2.33.